The fourth-order valence-electron chi connectivity index (χ4n) is 0. The van der Waals surface area contributed by atoms with E-state index in [-0.39, 0.29) is 29.6 Å². The van der Waals surface area contributed by atoms with Gasteiger partial charge in [0.15, 0.2) is 0 Å². The summed E-state index contributed by atoms with van der Waals surface area (Å²) in [6, 6.07) is 0. The van der Waals surface area contributed by atoms with Crippen molar-refractivity contribution in [3.63, 3.8) is 0 Å². The normalized spacial score (nSPS) is 13.1. The summed E-state index contributed by atoms with van der Waals surface area (Å²) in [5, 5.41) is 0. The van der Waals surface area contributed by atoms with Crippen LogP contribution < -0.4 is 0 Å². The van der Waals surface area contributed by atoms with Gasteiger partial charge in [-0.2, -0.15) is 8.78 Å². The van der Waals surface area contributed by atoms with E-state index in [4.69, 9.17) is 9.11 Å². The number of alkyl halides is 2. The van der Waals surface area contributed by atoms with Crippen LogP contribution >= 0.6 is 0 Å². The van der Waals surface area contributed by atoms with Gasteiger partial charge >= 0.3 is 35.3 Å². The van der Waals surface area contributed by atoms with Gasteiger partial charge in [0.2, 0.25) is 0 Å². The van der Waals surface area contributed by atoms with Crippen LogP contribution in [-0.2, 0) is 10.5 Å². The molecule has 3 nitrogen and oxygen atoms in total. The third kappa shape index (κ3) is 5.07. The fraction of sp³-hybridized carbons (Fsp3) is 1.00. The molecule has 0 unspecified atom stereocenters. The second kappa shape index (κ2) is 3.86. The molecule has 0 amide bonds. The number of rotatable bonds is 1. The minimum absolute atomic E-state index is 0. The van der Waals surface area contributed by atoms with Crippen LogP contribution in [0.5, 0.6) is 0 Å². The van der Waals surface area contributed by atoms with Crippen LogP contribution in [-0.4, -0.2) is 48.6 Å². The van der Waals surface area contributed by atoms with E-state index in [0.29, 0.717) is 0 Å². The summed E-state index contributed by atoms with van der Waals surface area (Å²) in [5.74, 6) is -3.53. The summed E-state index contributed by atoms with van der Waals surface area (Å²) in [5.41, 5.74) is 0. The molecular formula is CH5F2NaO3S. The molecule has 0 saturated heterocycles. The predicted octanol–water partition coefficient (Wildman–Crippen LogP) is -0.477. The molecule has 0 spiro atoms. The third-order valence-electron chi connectivity index (χ3n) is 0.254. The summed E-state index contributed by atoms with van der Waals surface area (Å²) in [6.07, 6.45) is 0. The van der Waals surface area contributed by atoms with E-state index in [0.717, 1.165) is 0 Å². The molecule has 2 N–H and O–H groups in total. The average molecular weight is 158 g/mol. The Labute approximate surface area is 67.8 Å². The molecule has 0 aliphatic carbocycles. The van der Waals surface area contributed by atoms with Crippen LogP contribution in [0.2, 0.25) is 0 Å². The molecule has 0 bridgehead atoms. The Morgan fingerprint density at radius 1 is 1.38 bits per heavy atom. The van der Waals surface area contributed by atoms with Crippen LogP contribution in [0.25, 0.3) is 0 Å². The molecule has 0 fully saturated rings. The first-order chi connectivity index (χ1) is 2.94. The van der Waals surface area contributed by atoms with Gasteiger partial charge in [0.25, 0.3) is 0 Å². The molecule has 0 saturated carbocycles. The fourth-order valence-corrected chi connectivity index (χ4v) is 0. The maximum absolute atomic E-state index is 10.8. The van der Waals surface area contributed by atoms with Crippen molar-refractivity contribution in [1.82, 2.24) is 0 Å². The Balaban J connectivity index is 0. The van der Waals surface area contributed by atoms with Gasteiger partial charge in [-0.3, -0.25) is 0 Å². The van der Waals surface area contributed by atoms with Crippen molar-refractivity contribution in [3.8, 4) is 0 Å². The van der Waals surface area contributed by atoms with Crippen LogP contribution in [0, 0.1) is 0 Å². The molecule has 0 heterocycles. The maximum atomic E-state index is 10.8. The van der Waals surface area contributed by atoms with Crippen LogP contribution in [0.15, 0.2) is 0 Å². The van der Waals surface area contributed by atoms with Gasteiger partial charge in [0, 0.05) is 0 Å². The minimum atomic E-state index is -5.07. The van der Waals surface area contributed by atoms with Crippen molar-refractivity contribution >= 4 is 40.1 Å². The summed E-state index contributed by atoms with van der Waals surface area (Å²) in [7, 11) is -5.07. The Hall–Kier alpha value is 0.930. The van der Waals surface area contributed by atoms with Gasteiger partial charge in [-0.05, 0) is 0 Å². The monoisotopic (exact) mass is 158 g/mol. The zero-order chi connectivity index (χ0) is 6.08. The predicted molar refractivity (Wildman–Crippen MR) is 27.9 cm³/mol. The Bertz CT molecular complexity index is 99.5. The van der Waals surface area contributed by atoms with Gasteiger partial charge in [0.1, 0.15) is 10.5 Å². The first-order valence-electron chi connectivity index (χ1n) is 1.28. The van der Waals surface area contributed by atoms with E-state index in [1.165, 1.54) is 0 Å². The topological polar surface area (TPSA) is 57.5 Å². The number of hydrogen-bond acceptors (Lipinski definition) is 1. The van der Waals surface area contributed by atoms with E-state index in [1.807, 2.05) is 0 Å². The SMILES string of the molecule is O=[SH](O)(O)C(F)F.[NaH]. The molecule has 8 heavy (non-hydrogen) atoms. The molecule has 0 aliphatic heterocycles. The molecule has 0 rings (SSSR count). The zero-order valence-electron chi connectivity index (χ0n) is 3.08. The summed E-state index contributed by atoms with van der Waals surface area (Å²) in [6.45, 7) is 0. The molecule has 0 radical (unpaired) electrons. The van der Waals surface area contributed by atoms with Crippen molar-refractivity contribution in [1.29, 1.82) is 0 Å². The summed E-state index contributed by atoms with van der Waals surface area (Å²) < 4.78 is 45.7. The summed E-state index contributed by atoms with van der Waals surface area (Å²) >= 11 is 0. The Morgan fingerprint density at radius 2 is 1.50 bits per heavy atom. The first-order valence-corrected chi connectivity index (χ1v) is 2.96. The molecule has 0 aromatic heterocycles. The second-order valence-electron chi connectivity index (χ2n) is 0.867. The molecule has 48 valence electrons. The van der Waals surface area contributed by atoms with E-state index in [2.05, 4.69) is 0 Å². The average Bonchev–Trinajstić information content (AvgIpc) is 1.31. The van der Waals surface area contributed by atoms with Crippen molar-refractivity contribution in [2.75, 3.05) is 0 Å². The molecule has 0 atom stereocenters. The van der Waals surface area contributed by atoms with Crippen molar-refractivity contribution < 1.29 is 22.1 Å². The third-order valence-corrected chi connectivity index (χ3v) is 0.763. The molecule has 0 aliphatic rings. The Kier molecular flexibility index (Phi) is 5.65. The Morgan fingerprint density at radius 3 is 1.50 bits per heavy atom. The van der Waals surface area contributed by atoms with Crippen LogP contribution in [0.4, 0.5) is 8.78 Å². The summed E-state index contributed by atoms with van der Waals surface area (Å²) in [4.78, 5) is 0. The molecule has 0 aromatic rings. The van der Waals surface area contributed by atoms with Crippen molar-refractivity contribution in [3.05, 3.63) is 0 Å². The number of halogens is 2. The van der Waals surface area contributed by atoms with Gasteiger partial charge in [0.05, 0.1) is 0 Å². The second-order valence-corrected chi connectivity index (χ2v) is 2.44. The number of hydrogen-bond donors (Lipinski definition) is 3. The van der Waals surface area contributed by atoms with E-state index < -0.39 is 16.3 Å². The van der Waals surface area contributed by atoms with Gasteiger partial charge in [-0.25, -0.2) is 4.21 Å². The van der Waals surface area contributed by atoms with Gasteiger partial charge in [-0.1, -0.05) is 0 Å². The van der Waals surface area contributed by atoms with Crippen LogP contribution in [0.3, 0.4) is 0 Å². The molecular weight excluding hydrogens is 153 g/mol. The van der Waals surface area contributed by atoms with E-state index >= 15 is 0 Å². The van der Waals surface area contributed by atoms with E-state index in [1.54, 1.807) is 0 Å². The van der Waals surface area contributed by atoms with E-state index in [9.17, 15) is 13.0 Å². The quantitative estimate of drug-likeness (QED) is 0.357. The molecule has 0 aromatic carbocycles. The molecule has 7 heteroatoms. The van der Waals surface area contributed by atoms with Crippen molar-refractivity contribution in [2.45, 2.75) is 5.76 Å². The van der Waals surface area contributed by atoms with Crippen LogP contribution in [0.1, 0.15) is 0 Å². The van der Waals surface area contributed by atoms with Gasteiger partial charge in [-0.15, -0.1) is 0 Å². The number of thiol groups is 1. The first kappa shape index (κ1) is 11.7. The van der Waals surface area contributed by atoms with Crippen molar-refractivity contribution in [2.24, 2.45) is 0 Å². The zero-order valence-corrected chi connectivity index (χ0v) is 3.98. The van der Waals surface area contributed by atoms with Gasteiger partial charge < -0.3 is 9.11 Å². The standard InChI is InChI=1S/CH4F2O3S.Na.H/c2-1(3)7(4,5)6;;/h1,7H,(H2,4,5,6);;.